The Morgan fingerprint density at radius 2 is 1.76 bits per heavy atom. The summed E-state index contributed by atoms with van der Waals surface area (Å²) in [7, 11) is 0. The summed E-state index contributed by atoms with van der Waals surface area (Å²) in [4.78, 5) is 44.2. The van der Waals surface area contributed by atoms with Crippen molar-refractivity contribution in [3.05, 3.63) is 99.8 Å². The molecule has 2 aromatic carbocycles. The number of benzene rings is 2. The van der Waals surface area contributed by atoms with Crippen LogP contribution in [-0.2, 0) is 20.9 Å². The summed E-state index contributed by atoms with van der Waals surface area (Å²) in [5.41, 5.74) is 1.68. The summed E-state index contributed by atoms with van der Waals surface area (Å²) in [6.45, 7) is 4.19. The van der Waals surface area contributed by atoms with Crippen LogP contribution in [-0.4, -0.2) is 45.9 Å². The van der Waals surface area contributed by atoms with Gasteiger partial charge in [-0.05, 0) is 61.9 Å². The van der Waals surface area contributed by atoms with Crippen molar-refractivity contribution < 1.29 is 29.0 Å². The second kappa shape index (κ2) is 11.3. The van der Waals surface area contributed by atoms with Crippen LogP contribution < -0.4 is 4.74 Å². The lowest BCUT2D eigenvalue weighted by Crippen LogP contribution is -2.29. The molecule has 8 nitrogen and oxygen atoms in total. The first-order chi connectivity index (χ1) is 17.8. The molecule has 1 fully saturated rings. The van der Waals surface area contributed by atoms with Crippen LogP contribution in [0.5, 0.6) is 5.75 Å². The maximum Gasteiger partial charge on any atom is 0.338 e. The molecule has 1 amide bonds. The molecule has 0 radical (unpaired) electrons. The summed E-state index contributed by atoms with van der Waals surface area (Å²) in [6, 6.07) is 15.4. The number of carbonyl (C=O) groups excluding carboxylic acids is 3. The first-order valence-electron chi connectivity index (χ1n) is 11.7. The topological polar surface area (TPSA) is 106 Å². The summed E-state index contributed by atoms with van der Waals surface area (Å²) in [5.74, 6) is -2.06. The minimum Gasteiger partial charge on any atom is -0.507 e. The van der Waals surface area contributed by atoms with Crippen molar-refractivity contribution in [3.63, 3.8) is 0 Å². The van der Waals surface area contributed by atoms with Gasteiger partial charge in [0, 0.05) is 18.3 Å². The quantitative estimate of drug-likeness (QED) is 0.194. The van der Waals surface area contributed by atoms with E-state index in [1.165, 1.54) is 11.0 Å². The molecule has 1 aliphatic rings. The van der Waals surface area contributed by atoms with Crippen LogP contribution in [0.2, 0.25) is 5.02 Å². The van der Waals surface area contributed by atoms with Gasteiger partial charge >= 0.3 is 5.97 Å². The molecule has 4 rings (SSSR count). The first-order valence-corrected chi connectivity index (χ1v) is 12.1. The van der Waals surface area contributed by atoms with Gasteiger partial charge in [0.15, 0.2) is 0 Å². The van der Waals surface area contributed by atoms with Crippen LogP contribution in [0.15, 0.2) is 72.4 Å². The molecule has 1 saturated heterocycles. The van der Waals surface area contributed by atoms with Gasteiger partial charge in [-0.25, -0.2) is 4.79 Å². The van der Waals surface area contributed by atoms with E-state index in [1.807, 2.05) is 0 Å². The number of ketones is 1. The Hall–Kier alpha value is -4.17. The second-order valence-electron chi connectivity index (χ2n) is 8.18. The van der Waals surface area contributed by atoms with Crippen molar-refractivity contribution >= 4 is 35.0 Å². The van der Waals surface area contributed by atoms with E-state index in [-0.39, 0.29) is 30.0 Å². The Balaban J connectivity index is 1.76. The number of halogens is 1. The molecule has 1 N–H and O–H groups in total. The Labute approximate surface area is 219 Å². The van der Waals surface area contributed by atoms with Crippen molar-refractivity contribution in [2.75, 3.05) is 13.2 Å². The predicted octanol–water partition coefficient (Wildman–Crippen LogP) is 4.93. The molecule has 1 aromatic heterocycles. The van der Waals surface area contributed by atoms with E-state index in [0.717, 1.165) is 0 Å². The summed E-state index contributed by atoms with van der Waals surface area (Å²) < 4.78 is 10.5. The number of pyridine rings is 1. The number of aliphatic hydroxyl groups excluding tert-OH is 1. The normalized spacial score (nSPS) is 16.6. The minimum atomic E-state index is -0.933. The molecule has 0 saturated carbocycles. The van der Waals surface area contributed by atoms with E-state index in [1.54, 1.807) is 74.6 Å². The minimum absolute atomic E-state index is 0.0521. The number of nitrogens with zero attached hydrogens (tertiary/aromatic N) is 2. The van der Waals surface area contributed by atoms with Crippen LogP contribution in [0.1, 0.15) is 47.1 Å². The van der Waals surface area contributed by atoms with Gasteiger partial charge in [0.25, 0.3) is 11.7 Å². The summed E-state index contributed by atoms with van der Waals surface area (Å²) in [6.07, 6.45) is 1.55. The lowest BCUT2D eigenvalue weighted by atomic mass is 9.98. The van der Waals surface area contributed by atoms with Gasteiger partial charge in [-0.1, -0.05) is 29.8 Å². The van der Waals surface area contributed by atoms with Gasteiger partial charge in [0.1, 0.15) is 17.6 Å². The van der Waals surface area contributed by atoms with E-state index in [0.29, 0.717) is 34.2 Å². The molecule has 1 atom stereocenters. The fraction of sp³-hybridized carbons (Fsp3) is 0.214. The number of likely N-dealkylation sites (tertiary alicyclic amines) is 1. The number of esters is 1. The number of ether oxygens (including phenoxy) is 2. The van der Waals surface area contributed by atoms with Gasteiger partial charge in [0.05, 0.1) is 35.1 Å². The number of carbonyl (C=O) groups is 3. The highest BCUT2D eigenvalue weighted by molar-refractivity contribution is 6.46. The molecule has 1 unspecified atom stereocenters. The molecule has 0 bridgehead atoms. The van der Waals surface area contributed by atoms with Crippen LogP contribution in [0.4, 0.5) is 0 Å². The van der Waals surface area contributed by atoms with Gasteiger partial charge < -0.3 is 19.5 Å². The zero-order valence-electron chi connectivity index (χ0n) is 20.3. The van der Waals surface area contributed by atoms with Crippen molar-refractivity contribution in [1.29, 1.82) is 0 Å². The van der Waals surface area contributed by atoms with E-state index < -0.39 is 23.7 Å². The second-order valence-corrected chi connectivity index (χ2v) is 8.58. The molecule has 190 valence electrons. The average Bonchev–Trinajstić information content (AvgIpc) is 3.15. The fourth-order valence-electron chi connectivity index (χ4n) is 4.12. The Bertz CT molecular complexity index is 1350. The molecular formula is C28H25ClN2O6. The molecular weight excluding hydrogens is 496 g/mol. The Morgan fingerprint density at radius 1 is 1.03 bits per heavy atom. The fourth-order valence-corrected chi connectivity index (χ4v) is 4.29. The smallest absolute Gasteiger partial charge is 0.338 e. The molecule has 0 aliphatic carbocycles. The maximum absolute atomic E-state index is 13.2. The van der Waals surface area contributed by atoms with Gasteiger partial charge in [-0.2, -0.15) is 0 Å². The number of amides is 1. The van der Waals surface area contributed by atoms with E-state index in [4.69, 9.17) is 21.1 Å². The lowest BCUT2D eigenvalue weighted by Gasteiger charge is -2.24. The zero-order chi connectivity index (χ0) is 26.5. The summed E-state index contributed by atoms with van der Waals surface area (Å²) >= 11 is 6.19. The molecule has 3 aromatic rings. The average molecular weight is 521 g/mol. The third kappa shape index (κ3) is 5.34. The first kappa shape index (κ1) is 25.9. The van der Waals surface area contributed by atoms with Crippen molar-refractivity contribution in [2.45, 2.75) is 26.4 Å². The standard InChI is InChI=1S/C28H25ClN2O6/c1-3-36-22-15-19(12-13-20(22)29)25(32)23-24(21-7-5-6-14-30-21)31(27(34)26(23)33)16-17-8-10-18(11-9-17)28(35)37-4-2/h5-15,24,32H,3-4,16H2,1-2H3/b25-23-. The number of aliphatic hydroxyl groups is 1. The van der Waals surface area contributed by atoms with Gasteiger partial charge in [-0.15, -0.1) is 0 Å². The largest absolute Gasteiger partial charge is 0.507 e. The number of hydrogen-bond acceptors (Lipinski definition) is 7. The van der Waals surface area contributed by atoms with Crippen LogP contribution in [0, 0.1) is 0 Å². The highest BCUT2D eigenvalue weighted by atomic mass is 35.5. The highest BCUT2D eigenvalue weighted by Gasteiger charge is 2.46. The predicted molar refractivity (Wildman–Crippen MR) is 137 cm³/mol. The number of hydrogen-bond donors (Lipinski definition) is 1. The molecule has 2 heterocycles. The van der Waals surface area contributed by atoms with Crippen molar-refractivity contribution in [2.24, 2.45) is 0 Å². The monoisotopic (exact) mass is 520 g/mol. The van der Waals surface area contributed by atoms with Crippen LogP contribution >= 0.6 is 11.6 Å². The number of rotatable bonds is 8. The molecule has 9 heteroatoms. The van der Waals surface area contributed by atoms with E-state index >= 15 is 0 Å². The summed E-state index contributed by atoms with van der Waals surface area (Å²) in [5, 5.41) is 11.6. The Kier molecular flexibility index (Phi) is 7.89. The maximum atomic E-state index is 13.2. The number of aromatic nitrogens is 1. The highest BCUT2D eigenvalue weighted by Crippen LogP contribution is 2.40. The van der Waals surface area contributed by atoms with Crippen molar-refractivity contribution in [1.82, 2.24) is 9.88 Å². The Morgan fingerprint density at radius 3 is 2.41 bits per heavy atom. The third-order valence-corrected chi connectivity index (χ3v) is 6.14. The zero-order valence-corrected chi connectivity index (χ0v) is 21.1. The van der Waals surface area contributed by atoms with Crippen molar-refractivity contribution in [3.8, 4) is 5.75 Å². The number of Topliss-reactive ketones (excluding diaryl/α,β-unsaturated/α-hetero) is 1. The molecule has 0 spiro atoms. The van der Waals surface area contributed by atoms with Crippen LogP contribution in [0.25, 0.3) is 5.76 Å². The van der Waals surface area contributed by atoms with Gasteiger partial charge in [0.2, 0.25) is 0 Å². The van der Waals surface area contributed by atoms with Crippen LogP contribution in [0.3, 0.4) is 0 Å². The van der Waals surface area contributed by atoms with E-state index in [9.17, 15) is 19.5 Å². The van der Waals surface area contributed by atoms with Gasteiger partial charge in [-0.3, -0.25) is 14.6 Å². The SMILES string of the molecule is CCOC(=O)c1ccc(CN2C(=O)C(=O)/C(=C(\O)c3ccc(Cl)c(OCC)c3)C2c2ccccn2)cc1. The third-order valence-electron chi connectivity index (χ3n) is 5.83. The molecule has 1 aliphatic heterocycles. The lowest BCUT2D eigenvalue weighted by molar-refractivity contribution is -0.140. The van der Waals surface area contributed by atoms with E-state index in [2.05, 4.69) is 4.98 Å². The molecule has 37 heavy (non-hydrogen) atoms.